The van der Waals surface area contributed by atoms with E-state index in [1.807, 2.05) is 27.2 Å². The number of phosphoric ester groups is 1. The fourth-order valence-electron chi connectivity index (χ4n) is 7.34. The highest BCUT2D eigenvalue weighted by Crippen LogP contribution is 2.43. The number of hydrogen-bond donors (Lipinski definition) is 3. The molecule has 0 heterocycles. The SMILES string of the molecule is CCCCCCCC/C=C/C(O)C(COP(=O)(O)OCC[N+](C)(C)C)NC(=O)CCCCCCCCCCCCCCCCCCCCCCCCCCCCC. The van der Waals surface area contributed by atoms with Crippen molar-refractivity contribution in [1.82, 2.24) is 5.32 Å². The summed E-state index contributed by atoms with van der Waals surface area (Å²) in [5.74, 6) is -0.176. The number of unbranched alkanes of at least 4 members (excludes halogenated alkanes) is 32. The Kier molecular flexibility index (Phi) is 40.1. The van der Waals surface area contributed by atoms with Crippen LogP contribution in [0.25, 0.3) is 0 Å². The molecule has 0 saturated heterocycles. The standard InChI is InChI=1S/C48H97N2O6P/c1-6-8-10-12-14-16-17-18-19-20-21-22-23-24-25-26-27-28-29-30-31-32-33-34-36-38-40-42-48(52)49-46(45-56-57(53,54)55-44-43-50(3,4)5)47(51)41-39-37-35-15-13-11-9-7-2/h39,41,46-47,51H,6-38,40,42-45H2,1-5H3,(H-,49,52,53,54)/p+1/b41-39+. The van der Waals surface area contributed by atoms with E-state index in [1.54, 1.807) is 6.08 Å². The molecule has 0 aliphatic carbocycles. The first-order valence-corrected chi connectivity index (χ1v) is 26.1. The molecule has 9 heteroatoms. The Bertz CT molecular complexity index is 942. The van der Waals surface area contributed by atoms with E-state index in [0.717, 1.165) is 38.5 Å². The minimum atomic E-state index is -4.33. The van der Waals surface area contributed by atoms with Crippen LogP contribution >= 0.6 is 7.82 Å². The van der Waals surface area contributed by atoms with Gasteiger partial charge < -0.3 is 19.8 Å². The number of nitrogens with one attached hydrogen (secondary N) is 1. The minimum Gasteiger partial charge on any atom is -0.387 e. The molecule has 3 unspecified atom stereocenters. The molecule has 0 spiro atoms. The number of likely N-dealkylation sites (N-methyl/N-ethyl adjacent to an activating group) is 1. The third-order valence-corrected chi connectivity index (χ3v) is 12.2. The van der Waals surface area contributed by atoms with Crippen LogP contribution in [-0.4, -0.2) is 73.4 Å². The number of allylic oxidation sites excluding steroid dienone is 1. The zero-order chi connectivity index (χ0) is 42.1. The van der Waals surface area contributed by atoms with Crippen LogP contribution in [0.15, 0.2) is 12.2 Å². The van der Waals surface area contributed by atoms with Gasteiger partial charge in [0.15, 0.2) is 0 Å². The molecule has 3 N–H and O–H groups in total. The van der Waals surface area contributed by atoms with Gasteiger partial charge in [-0.1, -0.05) is 225 Å². The van der Waals surface area contributed by atoms with Gasteiger partial charge in [-0.15, -0.1) is 0 Å². The summed E-state index contributed by atoms with van der Waals surface area (Å²) in [4.78, 5) is 23.1. The number of amides is 1. The monoisotopic (exact) mass is 830 g/mol. The Morgan fingerprint density at radius 2 is 0.930 bits per heavy atom. The molecule has 3 atom stereocenters. The number of aliphatic hydroxyl groups is 1. The molecule has 0 rings (SSSR count). The van der Waals surface area contributed by atoms with Crippen LogP contribution in [0, 0.1) is 0 Å². The van der Waals surface area contributed by atoms with E-state index in [2.05, 4.69) is 19.2 Å². The largest absolute Gasteiger partial charge is 0.472 e. The summed E-state index contributed by atoms with van der Waals surface area (Å²) >= 11 is 0. The second kappa shape index (κ2) is 40.6. The Morgan fingerprint density at radius 3 is 1.30 bits per heavy atom. The van der Waals surface area contributed by atoms with Gasteiger partial charge in [0, 0.05) is 6.42 Å². The van der Waals surface area contributed by atoms with Crippen molar-refractivity contribution >= 4 is 13.7 Å². The van der Waals surface area contributed by atoms with Gasteiger partial charge in [0.25, 0.3) is 0 Å². The van der Waals surface area contributed by atoms with E-state index in [1.165, 1.54) is 180 Å². The van der Waals surface area contributed by atoms with Gasteiger partial charge in [-0.2, -0.15) is 0 Å². The second-order valence-electron chi connectivity index (χ2n) is 18.2. The van der Waals surface area contributed by atoms with Crippen molar-refractivity contribution in [1.29, 1.82) is 0 Å². The van der Waals surface area contributed by atoms with Crippen LogP contribution in [-0.2, 0) is 18.4 Å². The van der Waals surface area contributed by atoms with Gasteiger partial charge in [-0.05, 0) is 19.3 Å². The molecule has 0 aromatic carbocycles. The molecular formula is C48H98N2O6P+. The predicted molar refractivity (Wildman–Crippen MR) is 245 cm³/mol. The Labute approximate surface area is 354 Å². The second-order valence-corrected chi connectivity index (χ2v) is 19.7. The molecule has 8 nitrogen and oxygen atoms in total. The number of rotatable bonds is 45. The molecule has 0 aliphatic rings. The highest BCUT2D eigenvalue weighted by atomic mass is 31.2. The Balaban J connectivity index is 3.99. The normalized spacial score (nSPS) is 14.3. The van der Waals surface area contributed by atoms with Crippen LogP contribution < -0.4 is 5.32 Å². The van der Waals surface area contributed by atoms with Crippen LogP contribution in [0.1, 0.15) is 239 Å². The summed E-state index contributed by atoms with van der Waals surface area (Å²) in [5.41, 5.74) is 0. The number of nitrogens with zero attached hydrogens (tertiary/aromatic N) is 1. The zero-order valence-corrected chi connectivity index (χ0v) is 39.5. The summed E-state index contributed by atoms with van der Waals surface area (Å²) in [6.07, 6.45) is 47.5. The topological polar surface area (TPSA) is 105 Å². The van der Waals surface area contributed by atoms with Gasteiger partial charge in [0.05, 0.1) is 39.9 Å². The summed E-state index contributed by atoms with van der Waals surface area (Å²) in [6, 6.07) is -0.838. The smallest absolute Gasteiger partial charge is 0.387 e. The maximum absolute atomic E-state index is 12.8. The fraction of sp³-hybridized carbons (Fsp3) is 0.938. The van der Waals surface area contributed by atoms with Gasteiger partial charge in [0.2, 0.25) is 5.91 Å². The van der Waals surface area contributed by atoms with Crippen molar-refractivity contribution in [3.63, 3.8) is 0 Å². The van der Waals surface area contributed by atoms with Crippen molar-refractivity contribution in [2.75, 3.05) is 40.9 Å². The predicted octanol–water partition coefficient (Wildman–Crippen LogP) is 13.9. The molecule has 57 heavy (non-hydrogen) atoms. The van der Waals surface area contributed by atoms with E-state index in [4.69, 9.17) is 9.05 Å². The van der Waals surface area contributed by atoms with Gasteiger partial charge in [-0.3, -0.25) is 13.8 Å². The lowest BCUT2D eigenvalue weighted by Crippen LogP contribution is -2.45. The van der Waals surface area contributed by atoms with E-state index in [9.17, 15) is 19.4 Å². The molecule has 0 aromatic rings. The van der Waals surface area contributed by atoms with E-state index in [-0.39, 0.29) is 19.1 Å². The lowest BCUT2D eigenvalue weighted by Gasteiger charge is -2.25. The summed E-state index contributed by atoms with van der Waals surface area (Å²) in [7, 11) is 1.58. The lowest BCUT2D eigenvalue weighted by molar-refractivity contribution is -0.870. The van der Waals surface area contributed by atoms with Gasteiger partial charge in [0.1, 0.15) is 13.2 Å². The number of hydrogen-bond acceptors (Lipinski definition) is 5. The van der Waals surface area contributed by atoms with Gasteiger partial charge in [-0.25, -0.2) is 4.57 Å². The fourth-order valence-corrected chi connectivity index (χ4v) is 8.07. The number of quaternary nitrogens is 1. The molecule has 340 valence electrons. The van der Waals surface area contributed by atoms with Crippen molar-refractivity contribution in [2.45, 2.75) is 251 Å². The number of carbonyl (C=O) groups excluding carboxylic acids is 1. The first-order chi connectivity index (χ1) is 27.5. The summed E-state index contributed by atoms with van der Waals surface area (Å²) in [5, 5.41) is 13.7. The molecule has 0 saturated carbocycles. The lowest BCUT2D eigenvalue weighted by atomic mass is 10.0. The zero-order valence-electron chi connectivity index (χ0n) is 38.6. The molecule has 0 fully saturated rings. The highest BCUT2D eigenvalue weighted by molar-refractivity contribution is 7.47. The third-order valence-electron chi connectivity index (χ3n) is 11.3. The number of aliphatic hydroxyl groups excluding tert-OH is 1. The summed E-state index contributed by atoms with van der Waals surface area (Å²) < 4.78 is 23.5. The average molecular weight is 830 g/mol. The van der Waals surface area contributed by atoms with Crippen LogP contribution in [0.4, 0.5) is 0 Å². The summed E-state index contributed by atoms with van der Waals surface area (Å²) in [6.45, 7) is 4.79. The Morgan fingerprint density at radius 1 is 0.579 bits per heavy atom. The van der Waals surface area contributed by atoms with E-state index >= 15 is 0 Å². The minimum absolute atomic E-state index is 0.0641. The number of phosphoric acid groups is 1. The van der Waals surface area contributed by atoms with E-state index in [0.29, 0.717) is 17.4 Å². The molecule has 0 radical (unpaired) electrons. The maximum Gasteiger partial charge on any atom is 0.472 e. The quantitative estimate of drug-likeness (QED) is 0.0244. The molecule has 1 amide bonds. The molecule has 0 bridgehead atoms. The first-order valence-electron chi connectivity index (χ1n) is 24.6. The molecular weight excluding hydrogens is 732 g/mol. The Hall–Kier alpha value is -0.760. The van der Waals surface area contributed by atoms with Crippen LogP contribution in [0.2, 0.25) is 0 Å². The molecule has 0 aliphatic heterocycles. The van der Waals surface area contributed by atoms with Gasteiger partial charge >= 0.3 is 7.82 Å². The van der Waals surface area contributed by atoms with Crippen molar-refractivity contribution in [3.05, 3.63) is 12.2 Å². The van der Waals surface area contributed by atoms with Crippen LogP contribution in [0.3, 0.4) is 0 Å². The van der Waals surface area contributed by atoms with Crippen LogP contribution in [0.5, 0.6) is 0 Å². The average Bonchev–Trinajstić information content (AvgIpc) is 3.16. The van der Waals surface area contributed by atoms with Crippen molar-refractivity contribution < 1.29 is 32.9 Å². The molecule has 0 aromatic heterocycles. The maximum atomic E-state index is 12.8. The first kappa shape index (κ1) is 56.2. The number of carbonyl (C=O) groups is 1. The van der Waals surface area contributed by atoms with Crippen molar-refractivity contribution in [3.8, 4) is 0 Å². The van der Waals surface area contributed by atoms with E-state index < -0.39 is 20.0 Å². The highest BCUT2D eigenvalue weighted by Gasteiger charge is 2.27. The third kappa shape index (κ3) is 43.1. The van der Waals surface area contributed by atoms with Crippen molar-refractivity contribution in [2.24, 2.45) is 0 Å².